The largest absolute Gasteiger partial charge is 0.486 e. The molecular formula is C21H23F3N2O5S. The Kier molecular flexibility index (Phi) is 6.59. The van der Waals surface area contributed by atoms with Crippen LogP contribution in [-0.4, -0.2) is 39.8 Å². The van der Waals surface area contributed by atoms with Gasteiger partial charge in [-0.2, -0.15) is 13.2 Å². The zero-order valence-electron chi connectivity index (χ0n) is 17.6. The summed E-state index contributed by atoms with van der Waals surface area (Å²) in [6.07, 6.45) is -3.82. The first-order valence-corrected chi connectivity index (χ1v) is 11.6. The Labute approximate surface area is 184 Å². The summed E-state index contributed by atoms with van der Waals surface area (Å²) in [5.74, 6) is 0.444. The van der Waals surface area contributed by atoms with Gasteiger partial charge in [0.15, 0.2) is 11.5 Å². The van der Waals surface area contributed by atoms with Crippen molar-refractivity contribution in [2.75, 3.05) is 23.8 Å². The van der Waals surface area contributed by atoms with Crippen molar-refractivity contribution in [3.63, 3.8) is 0 Å². The minimum absolute atomic E-state index is 0.253. The molecule has 0 saturated heterocycles. The number of carbonyl (C=O) groups excluding carboxylic acids is 1. The van der Waals surface area contributed by atoms with Crippen molar-refractivity contribution in [3.8, 4) is 11.5 Å². The summed E-state index contributed by atoms with van der Waals surface area (Å²) in [4.78, 5) is 12.9. The number of nitrogens with zero attached hydrogens (tertiary/aromatic N) is 1. The summed E-state index contributed by atoms with van der Waals surface area (Å²) in [6, 6.07) is 7.19. The van der Waals surface area contributed by atoms with E-state index in [4.69, 9.17) is 9.47 Å². The highest BCUT2D eigenvalue weighted by molar-refractivity contribution is 7.92. The predicted octanol–water partition coefficient (Wildman–Crippen LogP) is 3.51. The van der Waals surface area contributed by atoms with Crippen LogP contribution in [0.15, 0.2) is 42.5 Å². The van der Waals surface area contributed by atoms with Gasteiger partial charge in [-0.3, -0.25) is 9.10 Å². The Morgan fingerprint density at radius 3 is 2.34 bits per heavy atom. The highest BCUT2D eigenvalue weighted by Gasteiger charge is 2.34. The molecule has 0 aliphatic carbocycles. The highest BCUT2D eigenvalue weighted by atomic mass is 32.2. The van der Waals surface area contributed by atoms with E-state index in [1.165, 1.54) is 13.0 Å². The Balaban J connectivity index is 1.83. The minimum atomic E-state index is -4.66. The number of carbonyl (C=O) groups is 1. The SMILES string of the molecule is C[C@H](NC(=O)[C@H](C)N(c1cccc(C(F)(F)F)c1)S(C)(=O)=O)c1ccc2c(c1)OCCO2. The lowest BCUT2D eigenvalue weighted by Gasteiger charge is -2.30. The lowest BCUT2D eigenvalue weighted by Crippen LogP contribution is -2.48. The van der Waals surface area contributed by atoms with E-state index < -0.39 is 39.8 Å². The maximum absolute atomic E-state index is 13.1. The monoisotopic (exact) mass is 472 g/mol. The van der Waals surface area contributed by atoms with Crippen LogP contribution in [0, 0.1) is 0 Å². The van der Waals surface area contributed by atoms with Gasteiger partial charge in [-0.1, -0.05) is 12.1 Å². The number of fused-ring (bicyclic) bond motifs is 1. The fourth-order valence-electron chi connectivity index (χ4n) is 3.37. The number of sulfonamides is 1. The number of anilines is 1. The lowest BCUT2D eigenvalue weighted by atomic mass is 10.1. The van der Waals surface area contributed by atoms with Crippen molar-refractivity contribution in [3.05, 3.63) is 53.6 Å². The van der Waals surface area contributed by atoms with Crippen molar-refractivity contribution in [2.45, 2.75) is 32.1 Å². The van der Waals surface area contributed by atoms with Crippen LogP contribution >= 0.6 is 0 Å². The molecule has 11 heteroatoms. The van der Waals surface area contributed by atoms with E-state index in [9.17, 15) is 26.4 Å². The normalized spacial score (nSPS) is 15.6. The van der Waals surface area contributed by atoms with Gasteiger partial charge in [-0.25, -0.2) is 8.42 Å². The van der Waals surface area contributed by atoms with Crippen LogP contribution in [0.25, 0.3) is 0 Å². The van der Waals surface area contributed by atoms with E-state index in [0.717, 1.165) is 18.4 Å². The molecule has 174 valence electrons. The maximum Gasteiger partial charge on any atom is 0.416 e. The van der Waals surface area contributed by atoms with Crippen LogP contribution < -0.4 is 19.1 Å². The Bertz CT molecular complexity index is 1100. The number of halogens is 3. The maximum atomic E-state index is 13.1. The molecular weight excluding hydrogens is 449 g/mol. The first kappa shape index (κ1) is 23.7. The number of alkyl halides is 3. The number of amides is 1. The second-order valence-corrected chi connectivity index (χ2v) is 9.28. The molecule has 2 aromatic carbocycles. The fourth-order valence-corrected chi connectivity index (χ4v) is 4.54. The lowest BCUT2D eigenvalue weighted by molar-refractivity contribution is -0.137. The van der Waals surface area contributed by atoms with Gasteiger partial charge in [-0.15, -0.1) is 0 Å². The number of nitrogens with one attached hydrogen (secondary N) is 1. The molecule has 2 aromatic rings. The molecule has 0 spiro atoms. The van der Waals surface area contributed by atoms with Crippen LogP contribution in [0.5, 0.6) is 11.5 Å². The standard InChI is InChI=1S/C21H23F3N2O5S/c1-13(15-7-8-18-19(11-15)31-10-9-30-18)25-20(27)14(2)26(32(3,28)29)17-6-4-5-16(12-17)21(22,23)24/h4-8,11-14H,9-10H2,1-3H3,(H,25,27)/t13-,14-/m0/s1. The molecule has 0 aromatic heterocycles. The van der Waals surface area contributed by atoms with Crippen molar-refractivity contribution < 1.29 is 35.9 Å². The number of rotatable bonds is 6. The van der Waals surface area contributed by atoms with Crippen molar-refractivity contribution in [1.29, 1.82) is 0 Å². The van der Waals surface area contributed by atoms with E-state index in [1.54, 1.807) is 25.1 Å². The number of hydrogen-bond acceptors (Lipinski definition) is 5. The summed E-state index contributed by atoms with van der Waals surface area (Å²) >= 11 is 0. The molecule has 32 heavy (non-hydrogen) atoms. The van der Waals surface area contributed by atoms with Crippen LogP contribution in [0.3, 0.4) is 0 Å². The predicted molar refractivity (Wildman–Crippen MR) is 112 cm³/mol. The van der Waals surface area contributed by atoms with Crippen molar-refractivity contribution in [2.24, 2.45) is 0 Å². The molecule has 2 atom stereocenters. The Morgan fingerprint density at radius 2 is 1.72 bits per heavy atom. The van der Waals surface area contributed by atoms with E-state index >= 15 is 0 Å². The van der Waals surface area contributed by atoms with Crippen molar-refractivity contribution >= 4 is 21.6 Å². The number of hydrogen-bond donors (Lipinski definition) is 1. The molecule has 7 nitrogen and oxygen atoms in total. The smallest absolute Gasteiger partial charge is 0.416 e. The van der Waals surface area contributed by atoms with Gasteiger partial charge in [0.05, 0.1) is 23.5 Å². The molecule has 0 fully saturated rings. The zero-order chi connectivity index (χ0) is 23.7. The molecule has 1 heterocycles. The third kappa shape index (κ3) is 5.26. The number of benzene rings is 2. The van der Waals surface area contributed by atoms with E-state index in [0.29, 0.717) is 40.6 Å². The fraction of sp³-hybridized carbons (Fsp3) is 0.381. The molecule has 0 bridgehead atoms. The number of ether oxygens (including phenoxy) is 2. The molecule has 0 radical (unpaired) electrons. The average molecular weight is 472 g/mol. The first-order chi connectivity index (χ1) is 14.9. The van der Waals surface area contributed by atoms with Gasteiger partial charge in [0, 0.05) is 0 Å². The summed E-state index contributed by atoms with van der Waals surface area (Å²) < 4.78 is 75.7. The van der Waals surface area contributed by atoms with E-state index in [-0.39, 0.29) is 5.69 Å². The minimum Gasteiger partial charge on any atom is -0.486 e. The van der Waals surface area contributed by atoms with Gasteiger partial charge in [0.25, 0.3) is 0 Å². The summed E-state index contributed by atoms with van der Waals surface area (Å²) in [7, 11) is -4.07. The first-order valence-electron chi connectivity index (χ1n) is 9.74. The van der Waals surface area contributed by atoms with Gasteiger partial charge >= 0.3 is 6.18 Å². The van der Waals surface area contributed by atoms with Crippen molar-refractivity contribution in [1.82, 2.24) is 5.32 Å². The topological polar surface area (TPSA) is 84.9 Å². The molecule has 3 rings (SSSR count). The van der Waals surface area contributed by atoms with Gasteiger partial charge in [0.1, 0.15) is 19.3 Å². The summed E-state index contributed by atoms with van der Waals surface area (Å²) in [5, 5.41) is 2.71. The van der Waals surface area contributed by atoms with Gasteiger partial charge in [0.2, 0.25) is 15.9 Å². The molecule has 1 amide bonds. The van der Waals surface area contributed by atoms with E-state index in [1.807, 2.05) is 0 Å². The summed E-state index contributed by atoms with van der Waals surface area (Å²) in [6.45, 7) is 3.85. The quantitative estimate of drug-likeness (QED) is 0.696. The molecule has 1 aliphatic heterocycles. The Hall–Kier alpha value is -2.95. The molecule has 1 aliphatic rings. The van der Waals surface area contributed by atoms with Crippen LogP contribution in [-0.2, 0) is 21.0 Å². The second-order valence-electron chi connectivity index (χ2n) is 7.42. The second kappa shape index (κ2) is 8.89. The summed E-state index contributed by atoms with van der Waals surface area (Å²) in [5.41, 5.74) is -0.572. The zero-order valence-corrected chi connectivity index (χ0v) is 18.5. The third-order valence-corrected chi connectivity index (χ3v) is 6.18. The van der Waals surface area contributed by atoms with Gasteiger partial charge < -0.3 is 14.8 Å². The highest BCUT2D eigenvalue weighted by Crippen LogP contribution is 2.34. The van der Waals surface area contributed by atoms with E-state index in [2.05, 4.69) is 5.32 Å². The van der Waals surface area contributed by atoms with Crippen LogP contribution in [0.4, 0.5) is 18.9 Å². The Morgan fingerprint density at radius 1 is 1.06 bits per heavy atom. The van der Waals surface area contributed by atoms with Crippen LogP contribution in [0.1, 0.15) is 31.0 Å². The molecule has 0 unspecified atom stereocenters. The van der Waals surface area contributed by atoms with Crippen LogP contribution in [0.2, 0.25) is 0 Å². The molecule has 0 saturated carbocycles. The third-order valence-electron chi connectivity index (χ3n) is 4.94. The van der Waals surface area contributed by atoms with Gasteiger partial charge in [-0.05, 0) is 49.7 Å². The molecule has 1 N–H and O–H groups in total. The average Bonchev–Trinajstić information content (AvgIpc) is 2.72.